The number of carbonyl (C=O) groups excluding carboxylic acids is 1. The van der Waals surface area contributed by atoms with Gasteiger partial charge in [0.1, 0.15) is 6.10 Å². The smallest absolute Gasteiger partial charge is 0.344 e. The Bertz CT molecular complexity index is 583. The van der Waals surface area contributed by atoms with Crippen molar-refractivity contribution in [1.82, 2.24) is 4.90 Å². The number of rotatable bonds is 4. The summed E-state index contributed by atoms with van der Waals surface area (Å²) in [5.74, 6) is -0.429. The Labute approximate surface area is 147 Å². The predicted octanol–water partition coefficient (Wildman–Crippen LogP) is 3.29. The minimum Gasteiger partial charge on any atom is -0.458 e. The van der Waals surface area contributed by atoms with Gasteiger partial charge in [-0.1, -0.05) is 18.9 Å². The van der Waals surface area contributed by atoms with Crippen LogP contribution in [-0.2, 0) is 15.1 Å². The van der Waals surface area contributed by atoms with Crippen LogP contribution in [0.5, 0.6) is 0 Å². The lowest BCUT2D eigenvalue weighted by molar-refractivity contribution is -0.183. The molecule has 3 heterocycles. The van der Waals surface area contributed by atoms with Gasteiger partial charge in [-0.25, -0.2) is 4.79 Å². The molecule has 4 atom stereocenters. The van der Waals surface area contributed by atoms with Crippen molar-refractivity contribution in [2.24, 2.45) is 5.92 Å². The van der Waals surface area contributed by atoms with Crippen molar-refractivity contribution in [1.29, 1.82) is 0 Å². The maximum Gasteiger partial charge on any atom is 0.344 e. The summed E-state index contributed by atoms with van der Waals surface area (Å²) in [6, 6.07) is 4.76. The lowest BCUT2D eigenvalue weighted by Crippen LogP contribution is -2.50. The third kappa shape index (κ3) is 2.61. The lowest BCUT2D eigenvalue weighted by Gasteiger charge is -2.39. The van der Waals surface area contributed by atoms with Crippen molar-refractivity contribution in [3.63, 3.8) is 0 Å². The summed E-state index contributed by atoms with van der Waals surface area (Å²) in [4.78, 5) is 16.2. The van der Waals surface area contributed by atoms with E-state index in [2.05, 4.69) is 11.9 Å². The van der Waals surface area contributed by atoms with Gasteiger partial charge in [0, 0.05) is 22.9 Å². The van der Waals surface area contributed by atoms with Crippen LogP contribution >= 0.6 is 11.3 Å². The molecule has 132 valence electrons. The number of hydrogen-bond donors (Lipinski definition) is 1. The van der Waals surface area contributed by atoms with E-state index in [9.17, 15) is 9.90 Å². The van der Waals surface area contributed by atoms with Crippen molar-refractivity contribution in [3.8, 4) is 0 Å². The molecule has 3 aliphatic rings. The second-order valence-electron chi connectivity index (χ2n) is 7.71. The number of fused-ring (bicyclic) bond motifs is 2. The average Bonchev–Trinajstić information content (AvgIpc) is 3.31. The molecular formula is C19H27NO3S. The van der Waals surface area contributed by atoms with Crippen molar-refractivity contribution in [2.75, 3.05) is 7.05 Å². The first-order valence-corrected chi connectivity index (χ1v) is 10.2. The monoisotopic (exact) mass is 349 g/mol. The fraction of sp³-hybridized carbons (Fsp3) is 0.737. The molecule has 0 radical (unpaired) electrons. The first kappa shape index (κ1) is 16.6. The molecule has 2 saturated heterocycles. The molecule has 0 aromatic carbocycles. The number of nitrogens with zero attached hydrogens (tertiary/aromatic N) is 1. The van der Waals surface area contributed by atoms with E-state index in [1.165, 1.54) is 17.8 Å². The highest BCUT2D eigenvalue weighted by Crippen LogP contribution is 2.44. The number of carbonyl (C=O) groups is 1. The van der Waals surface area contributed by atoms with Crippen molar-refractivity contribution < 1.29 is 14.6 Å². The van der Waals surface area contributed by atoms with Crippen LogP contribution in [0.1, 0.15) is 56.2 Å². The molecule has 4 nitrogen and oxygen atoms in total. The van der Waals surface area contributed by atoms with Crippen molar-refractivity contribution in [3.05, 3.63) is 22.4 Å². The van der Waals surface area contributed by atoms with E-state index in [0.29, 0.717) is 12.1 Å². The molecule has 1 aromatic rings. The largest absolute Gasteiger partial charge is 0.458 e. The molecule has 1 aromatic heterocycles. The van der Waals surface area contributed by atoms with Crippen LogP contribution in [0.25, 0.3) is 0 Å². The summed E-state index contributed by atoms with van der Waals surface area (Å²) in [5, 5.41) is 13.4. The van der Waals surface area contributed by atoms with Crippen LogP contribution in [0.3, 0.4) is 0 Å². The van der Waals surface area contributed by atoms with Gasteiger partial charge in [0.15, 0.2) is 5.60 Å². The van der Waals surface area contributed by atoms with Gasteiger partial charge < -0.3 is 9.84 Å². The van der Waals surface area contributed by atoms with Gasteiger partial charge in [-0.15, -0.1) is 11.3 Å². The number of esters is 1. The Hall–Kier alpha value is -0.910. The zero-order chi connectivity index (χ0) is 16.7. The van der Waals surface area contributed by atoms with Gasteiger partial charge in [0.25, 0.3) is 0 Å². The summed E-state index contributed by atoms with van der Waals surface area (Å²) >= 11 is 1.46. The van der Waals surface area contributed by atoms with E-state index < -0.39 is 11.6 Å². The molecule has 24 heavy (non-hydrogen) atoms. The predicted molar refractivity (Wildman–Crippen MR) is 93.9 cm³/mol. The maximum absolute atomic E-state index is 13.1. The first-order chi connectivity index (χ1) is 11.6. The highest BCUT2D eigenvalue weighted by molar-refractivity contribution is 7.10. The minimum atomic E-state index is -1.46. The fourth-order valence-electron chi connectivity index (χ4n) is 5.06. The third-order valence-electron chi connectivity index (χ3n) is 6.52. The Morgan fingerprint density at radius 2 is 2.00 bits per heavy atom. The van der Waals surface area contributed by atoms with Crippen LogP contribution in [0, 0.1) is 5.92 Å². The Morgan fingerprint density at radius 3 is 2.71 bits per heavy atom. The van der Waals surface area contributed by atoms with E-state index in [1.807, 2.05) is 17.5 Å². The van der Waals surface area contributed by atoms with Gasteiger partial charge in [-0.05, 0) is 57.0 Å². The second-order valence-corrected chi connectivity index (χ2v) is 8.66. The molecule has 0 spiro atoms. The zero-order valence-electron chi connectivity index (χ0n) is 14.3. The number of aliphatic hydroxyl groups is 1. The fourth-order valence-corrected chi connectivity index (χ4v) is 5.95. The lowest BCUT2D eigenvalue weighted by atomic mass is 9.84. The molecule has 1 saturated carbocycles. The SMILES string of the molecule is CN1[C@H]2CC[C@H](OC(=O)[C@@](O)(c3cccs3)C3CCCC3)[C@@H]1CC2. The minimum absolute atomic E-state index is 0.0127. The highest BCUT2D eigenvalue weighted by Gasteiger charge is 2.51. The summed E-state index contributed by atoms with van der Waals surface area (Å²) in [6.45, 7) is 0. The normalized spacial score (nSPS) is 33.5. The van der Waals surface area contributed by atoms with Gasteiger partial charge in [-0.3, -0.25) is 4.90 Å². The van der Waals surface area contributed by atoms with Crippen LogP contribution in [0.15, 0.2) is 17.5 Å². The molecule has 5 heteroatoms. The number of piperidine rings is 1. The third-order valence-corrected chi connectivity index (χ3v) is 7.52. The average molecular weight is 349 g/mol. The van der Waals surface area contributed by atoms with Crippen molar-refractivity contribution >= 4 is 17.3 Å². The van der Waals surface area contributed by atoms with Crippen LogP contribution in [0.4, 0.5) is 0 Å². The van der Waals surface area contributed by atoms with Gasteiger partial charge in [0.05, 0.1) is 0 Å². The van der Waals surface area contributed by atoms with Gasteiger partial charge in [-0.2, -0.15) is 0 Å². The number of ether oxygens (including phenoxy) is 1. The first-order valence-electron chi connectivity index (χ1n) is 9.30. The number of thiophene rings is 1. The highest BCUT2D eigenvalue weighted by atomic mass is 32.1. The van der Waals surface area contributed by atoms with E-state index in [4.69, 9.17) is 4.74 Å². The Kier molecular flexibility index (Phi) is 4.43. The van der Waals surface area contributed by atoms with Crippen molar-refractivity contribution in [2.45, 2.75) is 75.2 Å². The summed E-state index contributed by atoms with van der Waals surface area (Å²) in [7, 11) is 2.14. The molecule has 0 amide bonds. The summed E-state index contributed by atoms with van der Waals surface area (Å²) in [6.07, 6.45) is 8.22. The summed E-state index contributed by atoms with van der Waals surface area (Å²) in [5.41, 5.74) is -1.46. The molecule has 4 rings (SSSR count). The Balaban J connectivity index is 1.56. The molecule has 2 aliphatic heterocycles. The van der Waals surface area contributed by atoms with E-state index in [1.54, 1.807) is 0 Å². The molecule has 2 bridgehead atoms. The standard InChI is InChI=1S/C19H27NO3S/c1-20-14-8-10-15(20)16(11-9-14)23-18(21)19(22,13-5-2-3-6-13)17-7-4-12-24-17/h4,7,12-16,22H,2-3,5-6,8-11H2,1H3/t14-,15+,16+,19+/m1/s1. The number of likely N-dealkylation sites (N-methyl/N-ethyl adjacent to an activating group) is 1. The van der Waals surface area contributed by atoms with E-state index >= 15 is 0 Å². The van der Waals surface area contributed by atoms with Crippen LogP contribution in [0.2, 0.25) is 0 Å². The zero-order valence-corrected chi connectivity index (χ0v) is 15.1. The topological polar surface area (TPSA) is 49.8 Å². The van der Waals surface area contributed by atoms with E-state index in [0.717, 1.165) is 49.8 Å². The van der Waals surface area contributed by atoms with Crippen LogP contribution < -0.4 is 0 Å². The Morgan fingerprint density at radius 1 is 1.25 bits per heavy atom. The number of hydrogen-bond acceptors (Lipinski definition) is 5. The molecule has 1 N–H and O–H groups in total. The van der Waals surface area contributed by atoms with Crippen LogP contribution in [-0.4, -0.2) is 41.2 Å². The molecule has 3 fully saturated rings. The van der Waals surface area contributed by atoms with E-state index in [-0.39, 0.29) is 12.0 Å². The van der Waals surface area contributed by atoms with Gasteiger partial charge >= 0.3 is 5.97 Å². The summed E-state index contributed by atoms with van der Waals surface area (Å²) < 4.78 is 5.97. The quantitative estimate of drug-likeness (QED) is 0.848. The molecule has 1 aliphatic carbocycles. The van der Waals surface area contributed by atoms with Gasteiger partial charge in [0.2, 0.25) is 0 Å². The maximum atomic E-state index is 13.1. The second kappa shape index (κ2) is 6.43. The molecule has 0 unspecified atom stereocenters. The molecular weight excluding hydrogens is 322 g/mol.